The number of hydrogen-bond donors (Lipinski definition) is 3. The summed E-state index contributed by atoms with van der Waals surface area (Å²) in [6.07, 6.45) is 0. The van der Waals surface area contributed by atoms with E-state index in [9.17, 15) is 27.6 Å². The summed E-state index contributed by atoms with van der Waals surface area (Å²) in [4.78, 5) is 35.0. The lowest BCUT2D eigenvalue weighted by Gasteiger charge is -2.07. The Balaban J connectivity index is 2.05. The highest BCUT2D eigenvalue weighted by molar-refractivity contribution is 6.42. The molecule has 3 amide bonds. The third-order valence-corrected chi connectivity index (χ3v) is 2.89. The Morgan fingerprint density at radius 2 is 1.46 bits per heavy atom. The predicted octanol–water partition coefficient (Wildman–Crippen LogP) is 1.58. The molecule has 2 rings (SSSR count). The molecule has 0 saturated carbocycles. The van der Waals surface area contributed by atoms with E-state index in [1.54, 1.807) is 10.6 Å². The number of halogens is 3. The Morgan fingerprint density at radius 1 is 0.833 bits per heavy atom. The number of nitrogen functional groups attached to an aromatic ring is 1. The van der Waals surface area contributed by atoms with E-state index < -0.39 is 40.9 Å². The summed E-state index contributed by atoms with van der Waals surface area (Å²) in [7, 11) is 0. The second-order valence-corrected chi connectivity index (χ2v) is 4.58. The third-order valence-electron chi connectivity index (χ3n) is 2.89. The number of benzene rings is 2. The third kappa shape index (κ3) is 3.69. The van der Waals surface area contributed by atoms with Gasteiger partial charge in [-0.3, -0.25) is 19.7 Å². The van der Waals surface area contributed by atoms with E-state index in [1.165, 1.54) is 24.3 Å². The second-order valence-electron chi connectivity index (χ2n) is 4.58. The highest BCUT2D eigenvalue weighted by Gasteiger charge is 2.21. The van der Waals surface area contributed by atoms with Crippen LogP contribution in [0.15, 0.2) is 36.4 Å². The molecule has 6 nitrogen and oxygen atoms in total. The minimum atomic E-state index is -1.80. The molecule has 0 bridgehead atoms. The molecular formula is C15H10F3N3O3. The molecular weight excluding hydrogens is 327 g/mol. The molecule has 0 heterocycles. The monoisotopic (exact) mass is 337 g/mol. The fourth-order valence-electron chi connectivity index (χ4n) is 1.67. The molecule has 0 fully saturated rings. The highest BCUT2D eigenvalue weighted by atomic mass is 19.2. The fourth-order valence-corrected chi connectivity index (χ4v) is 1.67. The van der Waals surface area contributed by atoms with Crippen molar-refractivity contribution in [1.29, 1.82) is 0 Å². The molecule has 4 N–H and O–H groups in total. The summed E-state index contributed by atoms with van der Waals surface area (Å²) < 4.78 is 39.2. The van der Waals surface area contributed by atoms with Crippen LogP contribution in [0.4, 0.5) is 24.5 Å². The van der Waals surface area contributed by atoms with Gasteiger partial charge in [-0.2, -0.15) is 0 Å². The Hall–Kier alpha value is -3.36. The van der Waals surface area contributed by atoms with Crippen molar-refractivity contribution in [1.82, 2.24) is 5.32 Å². The van der Waals surface area contributed by atoms with Gasteiger partial charge in [0.25, 0.3) is 5.91 Å². The van der Waals surface area contributed by atoms with Crippen LogP contribution in [0.5, 0.6) is 0 Å². The Kier molecular flexibility index (Phi) is 4.83. The SMILES string of the molecule is Nc1ccc(C(=O)NC(=O)C(=O)Nc2ccc(F)c(F)c2F)cc1. The van der Waals surface area contributed by atoms with Crippen LogP contribution in [-0.2, 0) is 9.59 Å². The first-order valence-electron chi connectivity index (χ1n) is 6.45. The molecule has 9 heteroatoms. The molecule has 2 aromatic rings. The second kappa shape index (κ2) is 6.82. The zero-order valence-corrected chi connectivity index (χ0v) is 11.9. The Bertz CT molecular complexity index is 823. The smallest absolute Gasteiger partial charge is 0.316 e. The van der Waals surface area contributed by atoms with Gasteiger partial charge in [0, 0.05) is 11.3 Å². The van der Waals surface area contributed by atoms with Crippen LogP contribution in [0.1, 0.15) is 10.4 Å². The average Bonchev–Trinajstić information content (AvgIpc) is 2.55. The quantitative estimate of drug-likeness (QED) is 0.440. The van der Waals surface area contributed by atoms with E-state index in [2.05, 4.69) is 0 Å². The molecule has 0 aromatic heterocycles. The summed E-state index contributed by atoms with van der Waals surface area (Å²) in [5.41, 5.74) is 5.15. The van der Waals surface area contributed by atoms with Crippen molar-refractivity contribution < 1.29 is 27.6 Å². The zero-order valence-electron chi connectivity index (χ0n) is 11.9. The van der Waals surface area contributed by atoms with Gasteiger partial charge in [-0.15, -0.1) is 0 Å². The zero-order chi connectivity index (χ0) is 17.9. The molecule has 0 spiro atoms. The number of anilines is 2. The van der Waals surface area contributed by atoms with Crippen LogP contribution in [0, 0.1) is 17.5 Å². The maximum absolute atomic E-state index is 13.4. The lowest BCUT2D eigenvalue weighted by atomic mass is 10.2. The number of carbonyl (C=O) groups is 3. The van der Waals surface area contributed by atoms with Gasteiger partial charge in [0.05, 0.1) is 5.69 Å². The van der Waals surface area contributed by atoms with Gasteiger partial charge < -0.3 is 11.1 Å². The minimum absolute atomic E-state index is 0.0596. The molecule has 0 aliphatic carbocycles. The van der Waals surface area contributed by atoms with Crippen molar-refractivity contribution in [2.75, 3.05) is 11.1 Å². The molecule has 0 aliphatic rings. The normalized spacial score (nSPS) is 10.1. The van der Waals surface area contributed by atoms with Crippen molar-refractivity contribution >= 4 is 29.1 Å². The number of nitrogens with two attached hydrogens (primary N) is 1. The topological polar surface area (TPSA) is 101 Å². The van der Waals surface area contributed by atoms with Crippen molar-refractivity contribution in [3.05, 3.63) is 59.4 Å². The number of imide groups is 1. The molecule has 0 aliphatic heterocycles. The van der Waals surface area contributed by atoms with Crippen LogP contribution in [0.3, 0.4) is 0 Å². The number of carbonyl (C=O) groups excluding carboxylic acids is 3. The van der Waals surface area contributed by atoms with E-state index >= 15 is 0 Å². The van der Waals surface area contributed by atoms with Crippen molar-refractivity contribution in [3.8, 4) is 0 Å². The summed E-state index contributed by atoms with van der Waals surface area (Å²) in [5, 5.41) is 3.50. The Morgan fingerprint density at radius 3 is 2.08 bits per heavy atom. The van der Waals surface area contributed by atoms with Gasteiger partial charge in [0.1, 0.15) is 0 Å². The summed E-state index contributed by atoms with van der Waals surface area (Å²) in [6, 6.07) is 6.79. The first-order valence-corrected chi connectivity index (χ1v) is 6.45. The highest BCUT2D eigenvalue weighted by Crippen LogP contribution is 2.19. The van der Waals surface area contributed by atoms with Gasteiger partial charge in [0.15, 0.2) is 17.5 Å². The van der Waals surface area contributed by atoms with E-state index in [0.717, 1.165) is 6.07 Å². The average molecular weight is 337 g/mol. The summed E-state index contributed by atoms with van der Waals surface area (Å²) in [5.74, 6) is -8.63. The van der Waals surface area contributed by atoms with Crippen LogP contribution in [0.2, 0.25) is 0 Å². The maximum atomic E-state index is 13.4. The molecule has 0 unspecified atom stereocenters. The van der Waals surface area contributed by atoms with Gasteiger partial charge in [-0.1, -0.05) is 0 Å². The van der Waals surface area contributed by atoms with Gasteiger partial charge in [-0.25, -0.2) is 13.2 Å². The molecule has 0 atom stereocenters. The molecule has 124 valence electrons. The standard InChI is InChI=1S/C15H10F3N3O3/c16-9-5-6-10(12(18)11(9)17)20-14(23)15(24)21-13(22)7-1-3-8(19)4-2-7/h1-6H,19H2,(H,20,23)(H,21,22,24). The number of amides is 3. The number of hydrogen-bond acceptors (Lipinski definition) is 4. The van der Waals surface area contributed by atoms with E-state index in [4.69, 9.17) is 5.73 Å². The molecule has 24 heavy (non-hydrogen) atoms. The molecule has 2 aromatic carbocycles. The molecule has 0 saturated heterocycles. The van der Waals surface area contributed by atoms with Crippen molar-refractivity contribution in [2.45, 2.75) is 0 Å². The van der Waals surface area contributed by atoms with E-state index in [-0.39, 0.29) is 5.56 Å². The first-order chi connectivity index (χ1) is 11.3. The number of nitrogens with one attached hydrogen (secondary N) is 2. The van der Waals surface area contributed by atoms with Crippen molar-refractivity contribution in [2.24, 2.45) is 0 Å². The minimum Gasteiger partial charge on any atom is -0.399 e. The largest absolute Gasteiger partial charge is 0.399 e. The van der Waals surface area contributed by atoms with Crippen LogP contribution in [0.25, 0.3) is 0 Å². The lowest BCUT2D eigenvalue weighted by Crippen LogP contribution is -2.39. The number of rotatable bonds is 2. The van der Waals surface area contributed by atoms with E-state index in [0.29, 0.717) is 11.8 Å². The van der Waals surface area contributed by atoms with E-state index in [1.807, 2.05) is 0 Å². The lowest BCUT2D eigenvalue weighted by molar-refractivity contribution is -0.135. The van der Waals surface area contributed by atoms with Gasteiger partial charge >= 0.3 is 11.8 Å². The fraction of sp³-hybridized carbons (Fsp3) is 0. The van der Waals surface area contributed by atoms with Crippen LogP contribution < -0.4 is 16.4 Å². The first kappa shape index (κ1) is 17.0. The molecule has 0 radical (unpaired) electrons. The van der Waals surface area contributed by atoms with Gasteiger partial charge in [0.2, 0.25) is 0 Å². The van der Waals surface area contributed by atoms with Crippen LogP contribution in [-0.4, -0.2) is 17.7 Å². The maximum Gasteiger partial charge on any atom is 0.316 e. The van der Waals surface area contributed by atoms with Gasteiger partial charge in [-0.05, 0) is 36.4 Å². The van der Waals surface area contributed by atoms with Crippen molar-refractivity contribution in [3.63, 3.8) is 0 Å². The predicted molar refractivity (Wildman–Crippen MR) is 78.3 cm³/mol. The summed E-state index contributed by atoms with van der Waals surface area (Å²) >= 11 is 0. The van der Waals surface area contributed by atoms with Crippen LogP contribution >= 0.6 is 0 Å². The Labute approximate surface area is 133 Å². The summed E-state index contributed by atoms with van der Waals surface area (Å²) in [6.45, 7) is 0.